The van der Waals surface area contributed by atoms with Gasteiger partial charge in [0.2, 0.25) is 15.9 Å². The third-order valence-electron chi connectivity index (χ3n) is 5.55. The second kappa shape index (κ2) is 10.5. The number of amides is 1. The topological polar surface area (TPSA) is 84.3 Å². The molecule has 4 rings (SSSR count). The lowest BCUT2D eigenvalue weighted by Gasteiger charge is -2.31. The number of nitrogens with zero attached hydrogens (tertiary/aromatic N) is 3. The molecule has 9 heteroatoms. The number of piperidine rings is 1. The fraction of sp³-hybridized carbons (Fsp3) is 0.333. The van der Waals surface area contributed by atoms with Gasteiger partial charge in [-0.25, -0.2) is 17.8 Å². The number of thiophene rings is 1. The van der Waals surface area contributed by atoms with Crippen molar-refractivity contribution < 1.29 is 13.2 Å². The van der Waals surface area contributed by atoms with Crippen molar-refractivity contribution in [2.24, 2.45) is 0 Å². The van der Waals surface area contributed by atoms with E-state index in [0.717, 1.165) is 21.8 Å². The van der Waals surface area contributed by atoms with Crippen molar-refractivity contribution in [3.8, 4) is 16.3 Å². The molecule has 1 amide bonds. The third kappa shape index (κ3) is 5.98. The molecule has 174 valence electrons. The van der Waals surface area contributed by atoms with Crippen molar-refractivity contribution in [3.63, 3.8) is 0 Å². The molecule has 0 radical (unpaired) electrons. The maximum atomic E-state index is 12.8. The predicted molar refractivity (Wildman–Crippen MR) is 133 cm³/mol. The largest absolute Gasteiger partial charge is 0.339 e. The van der Waals surface area contributed by atoms with Crippen molar-refractivity contribution in [3.05, 3.63) is 65.7 Å². The fourth-order valence-electron chi connectivity index (χ4n) is 3.89. The lowest BCUT2D eigenvalue weighted by Crippen LogP contribution is -2.46. The van der Waals surface area contributed by atoms with Gasteiger partial charge in [-0.1, -0.05) is 31.2 Å². The summed E-state index contributed by atoms with van der Waals surface area (Å²) in [6.45, 7) is 2.91. The number of sulfonamides is 1. The minimum Gasteiger partial charge on any atom is -0.339 e. The zero-order chi connectivity index (χ0) is 23.3. The van der Waals surface area contributed by atoms with Gasteiger partial charge in [-0.05, 0) is 48.9 Å². The molecule has 1 aliphatic heterocycles. The number of carbonyl (C=O) groups excluding carboxylic acids is 1. The summed E-state index contributed by atoms with van der Waals surface area (Å²) in [7, 11) is -3.24. The Balaban J connectivity index is 1.45. The maximum absolute atomic E-state index is 12.8. The molecular weight excluding hydrogens is 456 g/mol. The van der Waals surface area contributed by atoms with E-state index in [1.54, 1.807) is 22.3 Å². The van der Waals surface area contributed by atoms with Crippen LogP contribution in [-0.2, 0) is 14.8 Å². The molecule has 3 aromatic rings. The highest BCUT2D eigenvalue weighted by molar-refractivity contribution is 7.89. The molecule has 0 aliphatic carbocycles. The van der Waals surface area contributed by atoms with Gasteiger partial charge in [-0.15, -0.1) is 11.3 Å². The summed E-state index contributed by atoms with van der Waals surface area (Å²) in [6.07, 6.45) is 7.17. The summed E-state index contributed by atoms with van der Waals surface area (Å²) >= 11 is 1.61. The zero-order valence-corrected chi connectivity index (χ0v) is 20.2. The number of likely N-dealkylation sites (tertiary alicyclic amines) is 1. The van der Waals surface area contributed by atoms with E-state index in [0.29, 0.717) is 32.4 Å². The van der Waals surface area contributed by atoms with Crippen molar-refractivity contribution in [2.75, 3.05) is 18.8 Å². The molecule has 1 aromatic carbocycles. The van der Waals surface area contributed by atoms with Crippen molar-refractivity contribution in [1.29, 1.82) is 0 Å². The summed E-state index contributed by atoms with van der Waals surface area (Å²) in [5.41, 5.74) is 2.66. The SMILES string of the molecule is CCCS(=O)(=O)NC1CCN(C(=O)/C=C/c2cn(-c3ccccc3)nc2-c2cccs2)CC1. The van der Waals surface area contributed by atoms with E-state index in [-0.39, 0.29) is 17.7 Å². The Morgan fingerprint density at radius 2 is 1.94 bits per heavy atom. The number of hydrogen-bond acceptors (Lipinski definition) is 5. The quantitative estimate of drug-likeness (QED) is 0.491. The van der Waals surface area contributed by atoms with Crippen LogP contribution in [0.15, 0.2) is 60.1 Å². The highest BCUT2D eigenvalue weighted by Gasteiger charge is 2.24. The molecule has 1 aliphatic rings. The Kier molecular flexibility index (Phi) is 7.42. The second-order valence-corrected chi connectivity index (χ2v) is 10.9. The van der Waals surface area contributed by atoms with Crippen LogP contribution in [0.5, 0.6) is 0 Å². The molecule has 0 atom stereocenters. The average Bonchev–Trinajstić information content (AvgIpc) is 3.48. The summed E-state index contributed by atoms with van der Waals surface area (Å²) in [5.74, 6) is 0.0624. The molecule has 7 nitrogen and oxygen atoms in total. The predicted octanol–water partition coefficient (Wildman–Crippen LogP) is 3.93. The first-order valence-electron chi connectivity index (χ1n) is 11.1. The molecule has 0 spiro atoms. The Hall–Kier alpha value is -2.75. The normalized spacial score (nSPS) is 15.4. The number of benzene rings is 1. The first kappa shape index (κ1) is 23.4. The second-order valence-electron chi connectivity index (χ2n) is 8.06. The number of para-hydroxylation sites is 1. The van der Waals surface area contributed by atoms with E-state index in [1.807, 2.05) is 71.7 Å². The van der Waals surface area contributed by atoms with Gasteiger partial charge in [-0.2, -0.15) is 5.10 Å². The number of rotatable bonds is 8. The van der Waals surface area contributed by atoms with Gasteiger partial charge in [0.25, 0.3) is 0 Å². The summed E-state index contributed by atoms with van der Waals surface area (Å²) in [4.78, 5) is 15.6. The highest BCUT2D eigenvalue weighted by Crippen LogP contribution is 2.28. The zero-order valence-electron chi connectivity index (χ0n) is 18.6. The summed E-state index contributed by atoms with van der Waals surface area (Å²) in [5, 5.41) is 6.77. The molecule has 0 saturated carbocycles. The molecule has 0 unspecified atom stereocenters. The highest BCUT2D eigenvalue weighted by atomic mass is 32.2. The molecule has 1 saturated heterocycles. The number of hydrogen-bond donors (Lipinski definition) is 1. The van der Waals surface area contributed by atoms with Crippen molar-refractivity contribution in [2.45, 2.75) is 32.2 Å². The minimum atomic E-state index is -3.24. The van der Waals surface area contributed by atoms with Crippen LogP contribution in [0.4, 0.5) is 0 Å². The van der Waals surface area contributed by atoms with E-state index in [9.17, 15) is 13.2 Å². The van der Waals surface area contributed by atoms with E-state index in [1.165, 1.54) is 0 Å². The Bertz CT molecular complexity index is 1190. The van der Waals surface area contributed by atoms with Crippen LogP contribution >= 0.6 is 11.3 Å². The molecule has 3 heterocycles. The van der Waals surface area contributed by atoms with Crippen LogP contribution < -0.4 is 4.72 Å². The van der Waals surface area contributed by atoms with Crippen LogP contribution in [-0.4, -0.2) is 53.9 Å². The van der Waals surface area contributed by atoms with Gasteiger partial charge in [0.1, 0.15) is 5.69 Å². The van der Waals surface area contributed by atoms with Gasteiger partial charge >= 0.3 is 0 Å². The van der Waals surface area contributed by atoms with Gasteiger partial charge in [0, 0.05) is 37.0 Å². The number of carbonyl (C=O) groups is 1. The summed E-state index contributed by atoms with van der Waals surface area (Å²) in [6, 6.07) is 13.8. The average molecular weight is 485 g/mol. The molecule has 33 heavy (non-hydrogen) atoms. The van der Waals surface area contributed by atoms with E-state index in [2.05, 4.69) is 4.72 Å². The summed E-state index contributed by atoms with van der Waals surface area (Å²) < 4.78 is 28.6. The Labute approximate surface area is 198 Å². The molecule has 2 aromatic heterocycles. The van der Waals surface area contributed by atoms with Crippen molar-refractivity contribution in [1.82, 2.24) is 19.4 Å². The first-order valence-corrected chi connectivity index (χ1v) is 13.6. The van der Waals surface area contributed by atoms with Crippen LogP contribution in [0.25, 0.3) is 22.3 Å². The maximum Gasteiger partial charge on any atom is 0.246 e. The standard InChI is InChI=1S/C24H28N4O3S2/c1-2-17-33(30,31)26-20-12-14-27(15-13-20)23(29)11-10-19-18-28(21-7-4-3-5-8-21)25-24(19)22-9-6-16-32-22/h3-11,16,18,20,26H,2,12-15,17H2,1H3/b11-10+. The van der Waals surface area contributed by atoms with Crippen LogP contribution in [0.1, 0.15) is 31.7 Å². The first-order chi connectivity index (χ1) is 15.9. The Morgan fingerprint density at radius 1 is 1.18 bits per heavy atom. The molecule has 1 N–H and O–H groups in total. The van der Waals surface area contributed by atoms with E-state index >= 15 is 0 Å². The Morgan fingerprint density at radius 3 is 2.61 bits per heavy atom. The van der Waals surface area contributed by atoms with Crippen LogP contribution in [0.3, 0.4) is 0 Å². The van der Waals surface area contributed by atoms with E-state index < -0.39 is 10.0 Å². The monoisotopic (exact) mass is 484 g/mol. The number of nitrogens with one attached hydrogen (secondary N) is 1. The van der Waals surface area contributed by atoms with Gasteiger partial charge in [0.05, 0.1) is 16.3 Å². The van der Waals surface area contributed by atoms with Gasteiger partial charge in [0.15, 0.2) is 0 Å². The van der Waals surface area contributed by atoms with Crippen molar-refractivity contribution >= 4 is 33.3 Å². The smallest absolute Gasteiger partial charge is 0.246 e. The molecule has 1 fully saturated rings. The lowest BCUT2D eigenvalue weighted by atomic mass is 10.1. The fourth-order valence-corrected chi connectivity index (χ4v) is 6.02. The third-order valence-corrected chi connectivity index (χ3v) is 8.06. The van der Waals surface area contributed by atoms with Crippen LogP contribution in [0, 0.1) is 0 Å². The van der Waals surface area contributed by atoms with E-state index in [4.69, 9.17) is 5.10 Å². The molecular formula is C24H28N4O3S2. The van der Waals surface area contributed by atoms with Gasteiger partial charge in [-0.3, -0.25) is 4.79 Å². The van der Waals surface area contributed by atoms with Gasteiger partial charge < -0.3 is 4.90 Å². The molecule has 0 bridgehead atoms. The van der Waals surface area contributed by atoms with Crippen LogP contribution in [0.2, 0.25) is 0 Å². The lowest BCUT2D eigenvalue weighted by molar-refractivity contribution is -0.126. The minimum absolute atomic E-state index is 0.0746. The number of aromatic nitrogens is 2.